The molecule has 16 heavy (non-hydrogen) atoms. The second kappa shape index (κ2) is 4.07. The van der Waals surface area contributed by atoms with Crippen LogP contribution in [0.5, 0.6) is 0 Å². The van der Waals surface area contributed by atoms with Crippen LogP contribution in [0.15, 0.2) is 5.10 Å². The van der Waals surface area contributed by atoms with Gasteiger partial charge >= 0.3 is 11.6 Å². The van der Waals surface area contributed by atoms with Crippen LogP contribution >= 0.6 is 0 Å². The van der Waals surface area contributed by atoms with Gasteiger partial charge < -0.3 is 5.73 Å². The van der Waals surface area contributed by atoms with Gasteiger partial charge in [-0.3, -0.25) is 30.3 Å². The number of hydrazone groups is 1. The normalized spacial score (nSPS) is 11.9. The molecule has 2 N–H and O–H groups in total. The molecular weight excluding hydrogens is 236 g/mol. The maximum absolute atomic E-state index is 10.3. The van der Waals surface area contributed by atoms with E-state index < -0.39 is 31.4 Å². The number of hydrogen-bond donors (Lipinski definition) is 1. The number of nitro groups is 4. The van der Waals surface area contributed by atoms with E-state index in [0.29, 0.717) is 0 Å². The lowest BCUT2D eigenvalue weighted by Crippen LogP contribution is -2.62. The lowest BCUT2D eigenvalue weighted by molar-refractivity contribution is -0.945. The Hall–Kier alpha value is -2.93. The zero-order chi connectivity index (χ0) is 13.1. The second-order valence-electron chi connectivity index (χ2n) is 2.13. The van der Waals surface area contributed by atoms with E-state index in [-0.39, 0.29) is 0 Å². The molecule has 0 aromatic carbocycles. The third kappa shape index (κ3) is 1.79. The number of nitrogens with two attached hydrogens (primary N) is 1. The summed E-state index contributed by atoms with van der Waals surface area (Å²) in [4.78, 5) is 34.6. The van der Waals surface area contributed by atoms with Crippen LogP contribution in [0.1, 0.15) is 0 Å². The van der Waals surface area contributed by atoms with Crippen molar-refractivity contribution in [3.63, 3.8) is 0 Å². The summed E-state index contributed by atoms with van der Waals surface area (Å²) >= 11 is 0. The van der Waals surface area contributed by atoms with Crippen molar-refractivity contribution < 1.29 is 19.8 Å². The zero-order valence-corrected chi connectivity index (χ0v) is 7.08. The second-order valence-corrected chi connectivity index (χ2v) is 2.13. The van der Waals surface area contributed by atoms with E-state index >= 15 is 0 Å². The van der Waals surface area contributed by atoms with Crippen LogP contribution in [0.25, 0.3) is 0 Å². The topological polar surface area (TPSA) is 211 Å². The molecule has 0 aliphatic heterocycles. The Kier molecular flexibility index (Phi) is 3.32. The summed E-state index contributed by atoms with van der Waals surface area (Å²) < 4.78 is 0. The summed E-state index contributed by atoms with van der Waals surface area (Å²) in [6.07, 6.45) is 0. The molecule has 0 bridgehead atoms. The van der Waals surface area contributed by atoms with Crippen LogP contribution in [-0.2, 0) is 0 Å². The standard InChI is InChI=1S/C2H2N6O8/c3-1(4-8(15)16)2(5(9)10,6(11)12)7(13)14/h(H2,3,4). The van der Waals surface area contributed by atoms with Gasteiger partial charge in [0.05, 0.1) is 0 Å². The van der Waals surface area contributed by atoms with Crippen molar-refractivity contribution in [3.8, 4) is 0 Å². The molecule has 0 fully saturated rings. The lowest BCUT2D eigenvalue weighted by atomic mass is 10.3. The van der Waals surface area contributed by atoms with E-state index in [2.05, 4.69) is 5.73 Å². The van der Waals surface area contributed by atoms with Gasteiger partial charge in [0.25, 0.3) is 0 Å². The predicted octanol–water partition coefficient (Wildman–Crippen LogP) is -1.98. The Morgan fingerprint density at radius 1 is 0.938 bits per heavy atom. The van der Waals surface area contributed by atoms with E-state index in [1.54, 1.807) is 0 Å². The number of hydrogen-bond acceptors (Lipinski definition) is 8. The van der Waals surface area contributed by atoms with Gasteiger partial charge in [0.2, 0.25) is 0 Å². The van der Waals surface area contributed by atoms with Crippen molar-refractivity contribution in [1.29, 1.82) is 0 Å². The minimum atomic E-state index is -4.26. The maximum Gasteiger partial charge on any atom is 0.766 e. The number of amidine groups is 1. The number of rotatable bonds is 5. The minimum absolute atomic E-state index is 1.62. The third-order valence-electron chi connectivity index (χ3n) is 1.30. The van der Waals surface area contributed by atoms with Crippen LogP contribution in [0.4, 0.5) is 0 Å². The van der Waals surface area contributed by atoms with Gasteiger partial charge in [0, 0.05) is 0 Å². The SMILES string of the molecule is N/C(=N\[N+](=O)[O-])C([N+](=O)[O-])([N+](=O)[O-])[N+](=O)[O-]. The molecule has 0 aliphatic rings. The molecule has 0 aliphatic carbocycles. The van der Waals surface area contributed by atoms with E-state index in [0.717, 1.165) is 0 Å². The van der Waals surface area contributed by atoms with Crippen molar-refractivity contribution in [2.75, 3.05) is 0 Å². The largest absolute Gasteiger partial charge is 0.766 e. The minimum Gasteiger partial charge on any atom is -0.362 e. The Labute approximate surface area is 83.9 Å². The van der Waals surface area contributed by atoms with Gasteiger partial charge in [-0.1, -0.05) is 0 Å². The van der Waals surface area contributed by atoms with Gasteiger partial charge in [0.1, 0.15) is 5.10 Å². The highest BCUT2D eigenvalue weighted by molar-refractivity contribution is 5.84. The van der Waals surface area contributed by atoms with Crippen molar-refractivity contribution in [3.05, 3.63) is 40.5 Å². The fraction of sp³-hybridized carbons (Fsp3) is 0.500. The van der Waals surface area contributed by atoms with E-state index in [9.17, 15) is 40.5 Å². The van der Waals surface area contributed by atoms with Crippen LogP contribution in [0.3, 0.4) is 0 Å². The molecule has 0 spiro atoms. The zero-order valence-electron chi connectivity index (χ0n) is 7.08. The average Bonchev–Trinajstić information content (AvgIpc) is 1.99. The highest BCUT2D eigenvalue weighted by Crippen LogP contribution is 2.12. The number of nitrogens with zero attached hydrogens (tertiary/aromatic N) is 5. The van der Waals surface area contributed by atoms with Gasteiger partial charge in [-0.15, -0.1) is 0 Å². The van der Waals surface area contributed by atoms with Gasteiger partial charge in [-0.25, -0.2) is 10.1 Å². The molecule has 88 valence electrons. The van der Waals surface area contributed by atoms with Crippen LogP contribution in [0.2, 0.25) is 0 Å². The lowest BCUT2D eigenvalue weighted by Gasteiger charge is -2.04. The summed E-state index contributed by atoms with van der Waals surface area (Å²) in [5.74, 6) is -6.22. The van der Waals surface area contributed by atoms with Crippen molar-refractivity contribution >= 4 is 5.84 Å². The van der Waals surface area contributed by atoms with E-state index in [4.69, 9.17) is 0 Å². The van der Waals surface area contributed by atoms with Crippen LogP contribution in [-0.4, -0.2) is 31.4 Å². The Morgan fingerprint density at radius 2 is 1.25 bits per heavy atom. The first-order chi connectivity index (χ1) is 7.17. The Morgan fingerprint density at radius 3 is 1.44 bits per heavy atom. The molecule has 14 nitrogen and oxygen atoms in total. The molecule has 0 aromatic heterocycles. The maximum atomic E-state index is 10.3. The fourth-order valence-electron chi connectivity index (χ4n) is 0.636. The smallest absolute Gasteiger partial charge is 0.362 e. The fourth-order valence-corrected chi connectivity index (χ4v) is 0.636. The quantitative estimate of drug-likeness (QED) is 0.184. The summed E-state index contributed by atoms with van der Waals surface area (Å²) in [6, 6.07) is 0. The van der Waals surface area contributed by atoms with Gasteiger partial charge in [-0.2, -0.15) is 0 Å². The predicted molar refractivity (Wildman–Crippen MR) is 42.3 cm³/mol. The molecule has 14 heteroatoms. The average molecular weight is 238 g/mol. The first-order valence-corrected chi connectivity index (χ1v) is 3.09. The molecule has 0 saturated heterocycles. The summed E-state index contributed by atoms with van der Waals surface area (Å²) in [5.41, 5.74) is 4.54. The molecule has 0 saturated carbocycles. The van der Waals surface area contributed by atoms with E-state index in [1.165, 1.54) is 0 Å². The van der Waals surface area contributed by atoms with E-state index in [1.807, 2.05) is 5.10 Å². The molecule has 0 aromatic rings. The van der Waals surface area contributed by atoms with Gasteiger partial charge in [0.15, 0.2) is 19.8 Å². The monoisotopic (exact) mass is 238 g/mol. The molecule has 0 atom stereocenters. The highest BCUT2D eigenvalue weighted by atomic mass is 16.7. The molecule has 0 radical (unpaired) electrons. The summed E-state index contributed by atoms with van der Waals surface area (Å²) in [5, 5.41) is 41.0. The first kappa shape index (κ1) is 13.1. The first-order valence-electron chi connectivity index (χ1n) is 3.09. The summed E-state index contributed by atoms with van der Waals surface area (Å²) in [6.45, 7) is 0. The molecule has 0 heterocycles. The van der Waals surface area contributed by atoms with Crippen molar-refractivity contribution in [1.82, 2.24) is 0 Å². The Bertz CT molecular complexity index is 361. The molecular formula is C2H2N6O8. The van der Waals surface area contributed by atoms with Crippen LogP contribution < -0.4 is 5.73 Å². The van der Waals surface area contributed by atoms with Crippen LogP contribution in [0, 0.1) is 40.5 Å². The Balaban J connectivity index is 5.93. The molecule has 0 amide bonds. The third-order valence-corrected chi connectivity index (χ3v) is 1.30. The molecule has 0 unspecified atom stereocenters. The van der Waals surface area contributed by atoms with Crippen molar-refractivity contribution in [2.24, 2.45) is 10.8 Å². The van der Waals surface area contributed by atoms with Crippen molar-refractivity contribution in [2.45, 2.75) is 5.79 Å². The highest BCUT2D eigenvalue weighted by Gasteiger charge is 2.77. The van der Waals surface area contributed by atoms with Gasteiger partial charge in [-0.05, 0) is 0 Å². The molecule has 0 rings (SSSR count). The summed E-state index contributed by atoms with van der Waals surface area (Å²) in [7, 11) is 0.